The number of aliphatic imine (C=N–C) groups is 2. The fourth-order valence-corrected chi connectivity index (χ4v) is 4.50. The number of pyridine rings is 1. The van der Waals surface area contributed by atoms with Gasteiger partial charge >= 0.3 is 0 Å². The molecule has 190 valence electrons. The van der Waals surface area contributed by atoms with Gasteiger partial charge in [-0.15, -0.1) is 0 Å². The predicted octanol–water partition coefficient (Wildman–Crippen LogP) is 6.12. The maximum Gasteiger partial charge on any atom is 0.108 e. The molecular weight excluding hydrogens is 470 g/mol. The van der Waals surface area contributed by atoms with E-state index in [9.17, 15) is 0 Å². The molecule has 5 aromatic rings. The van der Waals surface area contributed by atoms with Crippen molar-refractivity contribution in [2.75, 3.05) is 0 Å². The van der Waals surface area contributed by atoms with Crippen LogP contribution < -0.4 is 0 Å². The summed E-state index contributed by atoms with van der Waals surface area (Å²) in [5, 5.41) is 9.13. The van der Waals surface area contributed by atoms with E-state index in [1.54, 1.807) is 0 Å². The third-order valence-electron chi connectivity index (χ3n) is 6.72. The van der Waals surface area contributed by atoms with Crippen LogP contribution in [0.3, 0.4) is 0 Å². The molecule has 5 rings (SSSR count). The quantitative estimate of drug-likeness (QED) is 0.263. The molecule has 0 aliphatic rings. The zero-order valence-electron chi connectivity index (χ0n) is 22.6. The van der Waals surface area contributed by atoms with Crippen LogP contribution >= 0.6 is 0 Å². The highest BCUT2D eigenvalue weighted by Crippen LogP contribution is 2.27. The number of rotatable bonds is 6. The van der Waals surface area contributed by atoms with Crippen LogP contribution in [0.5, 0.6) is 0 Å². The van der Waals surface area contributed by atoms with Crippen LogP contribution in [-0.4, -0.2) is 36.0 Å². The highest BCUT2D eigenvalue weighted by Gasteiger charge is 2.18. The summed E-state index contributed by atoms with van der Waals surface area (Å²) in [5.41, 5.74) is 10.5. The Morgan fingerprint density at radius 3 is 1.29 bits per heavy atom. The van der Waals surface area contributed by atoms with E-state index in [2.05, 4.69) is 34.5 Å². The lowest BCUT2D eigenvalue weighted by Crippen LogP contribution is -2.12. The maximum absolute atomic E-state index is 5.13. The number of hydrogen-bond donors (Lipinski definition) is 0. The van der Waals surface area contributed by atoms with Crippen molar-refractivity contribution in [3.63, 3.8) is 0 Å². The second-order valence-corrected chi connectivity index (χ2v) is 9.35. The van der Waals surface area contributed by atoms with E-state index in [0.29, 0.717) is 0 Å². The van der Waals surface area contributed by atoms with Gasteiger partial charge in [0.05, 0.1) is 45.6 Å². The minimum Gasteiger partial charge on any atom is -0.270 e. The third kappa shape index (κ3) is 4.83. The van der Waals surface area contributed by atoms with Gasteiger partial charge in [-0.05, 0) is 39.8 Å². The first-order valence-corrected chi connectivity index (χ1v) is 12.6. The summed E-state index contributed by atoms with van der Waals surface area (Å²) in [6.45, 7) is 8.03. The smallest absolute Gasteiger partial charge is 0.108 e. The van der Waals surface area contributed by atoms with Gasteiger partial charge in [-0.25, -0.2) is 15.0 Å². The third-order valence-corrected chi connectivity index (χ3v) is 6.72. The fourth-order valence-electron chi connectivity index (χ4n) is 4.50. The molecule has 2 aromatic carbocycles. The van der Waals surface area contributed by atoms with E-state index in [-0.39, 0.29) is 0 Å². The van der Waals surface area contributed by atoms with Crippen LogP contribution in [0.4, 0.5) is 11.4 Å². The number of aromatic nitrogens is 5. The normalized spacial score (nSPS) is 12.3. The molecule has 0 amide bonds. The van der Waals surface area contributed by atoms with Gasteiger partial charge in [0.25, 0.3) is 0 Å². The topological polar surface area (TPSA) is 73.2 Å². The second-order valence-electron chi connectivity index (χ2n) is 9.35. The van der Waals surface area contributed by atoms with Crippen molar-refractivity contribution >= 4 is 22.8 Å². The Morgan fingerprint density at radius 2 is 0.947 bits per heavy atom. The van der Waals surface area contributed by atoms with E-state index in [0.717, 1.165) is 68.1 Å². The van der Waals surface area contributed by atoms with Gasteiger partial charge in [0.15, 0.2) is 0 Å². The van der Waals surface area contributed by atoms with Crippen molar-refractivity contribution in [1.82, 2.24) is 24.5 Å². The summed E-state index contributed by atoms with van der Waals surface area (Å²) in [6.07, 6.45) is 0. The van der Waals surface area contributed by atoms with Crippen LogP contribution in [0, 0.1) is 27.7 Å². The van der Waals surface area contributed by atoms with E-state index < -0.39 is 0 Å². The lowest BCUT2D eigenvalue weighted by Gasteiger charge is -2.11. The number of hydrogen-bond acceptors (Lipinski definition) is 5. The zero-order valence-corrected chi connectivity index (χ0v) is 22.6. The summed E-state index contributed by atoms with van der Waals surface area (Å²) in [7, 11) is 3.88. The van der Waals surface area contributed by atoms with E-state index in [4.69, 9.17) is 15.0 Å². The van der Waals surface area contributed by atoms with Crippen molar-refractivity contribution < 1.29 is 0 Å². The molecule has 0 saturated carbocycles. The van der Waals surface area contributed by atoms with Crippen molar-refractivity contribution in [3.8, 4) is 0 Å². The Labute approximate surface area is 223 Å². The summed E-state index contributed by atoms with van der Waals surface area (Å²) in [6, 6.07) is 26.3. The largest absolute Gasteiger partial charge is 0.270 e. The predicted molar refractivity (Wildman–Crippen MR) is 153 cm³/mol. The Bertz CT molecular complexity index is 1530. The standard InChI is InChI=1S/C31H31N7/c1-20-28(22(3)37(5)35-20)33-30(24-14-9-7-10-15-24)26-18-13-19-27(32-26)31(25-16-11-8-12-17-25)34-29-21(2)36-38(6)23(29)4/h7-19H,1-6H3. The molecular formula is C31H31N7. The molecule has 7 heteroatoms. The molecule has 7 nitrogen and oxygen atoms in total. The highest BCUT2D eigenvalue weighted by atomic mass is 15.3. The molecule has 0 atom stereocenters. The molecule has 0 saturated heterocycles. The zero-order chi connectivity index (χ0) is 26.8. The number of benzene rings is 2. The summed E-state index contributed by atoms with van der Waals surface area (Å²) in [5.74, 6) is 0. The number of nitrogens with zero attached hydrogens (tertiary/aromatic N) is 7. The molecule has 0 spiro atoms. The van der Waals surface area contributed by atoms with Gasteiger partial charge in [-0.3, -0.25) is 9.36 Å². The summed E-state index contributed by atoms with van der Waals surface area (Å²) >= 11 is 0. The molecule has 38 heavy (non-hydrogen) atoms. The van der Waals surface area contributed by atoms with Crippen LogP contribution in [0.15, 0.2) is 88.8 Å². The van der Waals surface area contributed by atoms with E-state index in [1.807, 2.05) is 106 Å². The lowest BCUT2D eigenvalue weighted by atomic mass is 10.0. The van der Waals surface area contributed by atoms with Gasteiger partial charge < -0.3 is 0 Å². The Kier molecular flexibility index (Phi) is 6.83. The maximum atomic E-state index is 5.13. The average molecular weight is 502 g/mol. The minimum atomic E-state index is 0.764. The van der Waals surface area contributed by atoms with Gasteiger partial charge in [0.1, 0.15) is 11.4 Å². The van der Waals surface area contributed by atoms with Crippen LogP contribution in [0.2, 0.25) is 0 Å². The van der Waals surface area contributed by atoms with Crippen molar-refractivity contribution in [1.29, 1.82) is 0 Å². The first kappa shape index (κ1) is 25.0. The molecule has 0 N–H and O–H groups in total. The van der Waals surface area contributed by atoms with Crippen molar-refractivity contribution in [2.24, 2.45) is 24.1 Å². The Hall–Kier alpha value is -4.65. The van der Waals surface area contributed by atoms with E-state index in [1.165, 1.54) is 0 Å². The molecule has 0 unspecified atom stereocenters. The van der Waals surface area contributed by atoms with Gasteiger partial charge in [0.2, 0.25) is 0 Å². The minimum absolute atomic E-state index is 0.764. The summed E-state index contributed by atoms with van der Waals surface area (Å²) < 4.78 is 3.72. The SMILES string of the molecule is Cc1nn(C)c(C)c1N=C(c1ccccc1)c1cccc(C(=Nc2c(C)nn(C)c2C)c2ccccc2)n1. The molecule has 0 aliphatic carbocycles. The molecule has 0 bridgehead atoms. The van der Waals surface area contributed by atoms with Crippen molar-refractivity contribution in [3.05, 3.63) is 124 Å². The summed E-state index contributed by atoms with van der Waals surface area (Å²) in [4.78, 5) is 15.4. The first-order valence-electron chi connectivity index (χ1n) is 12.6. The van der Waals surface area contributed by atoms with Crippen LogP contribution in [0.1, 0.15) is 45.3 Å². The Morgan fingerprint density at radius 1 is 0.553 bits per heavy atom. The highest BCUT2D eigenvalue weighted by molar-refractivity contribution is 6.16. The molecule has 3 heterocycles. The first-order chi connectivity index (χ1) is 18.3. The van der Waals surface area contributed by atoms with Crippen LogP contribution in [-0.2, 0) is 14.1 Å². The monoisotopic (exact) mass is 501 g/mol. The average Bonchev–Trinajstić information content (AvgIpc) is 3.32. The van der Waals surface area contributed by atoms with E-state index >= 15 is 0 Å². The van der Waals surface area contributed by atoms with Gasteiger partial charge in [0, 0.05) is 25.2 Å². The molecule has 0 aliphatic heterocycles. The molecule has 0 radical (unpaired) electrons. The molecule has 3 aromatic heterocycles. The lowest BCUT2D eigenvalue weighted by molar-refractivity contribution is 0.731. The van der Waals surface area contributed by atoms with Gasteiger partial charge in [-0.2, -0.15) is 10.2 Å². The van der Waals surface area contributed by atoms with Crippen molar-refractivity contribution in [2.45, 2.75) is 27.7 Å². The molecule has 0 fully saturated rings. The number of aryl methyl sites for hydroxylation is 4. The fraction of sp³-hybridized carbons (Fsp3) is 0.194. The van der Waals surface area contributed by atoms with Gasteiger partial charge in [-0.1, -0.05) is 66.7 Å². The Balaban J connectivity index is 1.72. The second kappa shape index (κ2) is 10.4. The van der Waals surface area contributed by atoms with Crippen LogP contribution in [0.25, 0.3) is 0 Å².